The molecule has 1 saturated heterocycles. The number of piperidine rings is 1. The molecule has 2 rings (SSSR count). The van der Waals surface area contributed by atoms with Crippen LogP contribution in [-0.4, -0.2) is 40.1 Å². The number of likely N-dealkylation sites (tertiary alicyclic amines) is 1. The third kappa shape index (κ3) is 3.73. The van der Waals surface area contributed by atoms with Gasteiger partial charge < -0.3 is 0 Å². The lowest BCUT2D eigenvalue weighted by atomic mass is 9.99. The van der Waals surface area contributed by atoms with Crippen molar-refractivity contribution in [2.24, 2.45) is 5.92 Å². The molecule has 6 heteroatoms. The molecule has 0 unspecified atom stereocenters. The molecule has 2 heterocycles. The lowest BCUT2D eigenvalue weighted by molar-refractivity contribution is -0.121. The Morgan fingerprint density at radius 1 is 1.58 bits per heavy atom. The molecule has 5 nitrogen and oxygen atoms in total. The molecule has 0 bridgehead atoms. The largest absolute Gasteiger partial charge is 0.299 e. The van der Waals surface area contributed by atoms with Gasteiger partial charge in [0.05, 0.1) is 6.04 Å². The van der Waals surface area contributed by atoms with Gasteiger partial charge in [-0.2, -0.15) is 0 Å². The van der Waals surface area contributed by atoms with Gasteiger partial charge in [0.25, 0.3) is 0 Å². The highest BCUT2D eigenvalue weighted by molar-refractivity contribution is 7.15. The van der Waals surface area contributed by atoms with Gasteiger partial charge >= 0.3 is 0 Å². The monoisotopic (exact) mass is 282 g/mol. The standard InChI is InChI=1S/C13H22N4OS/c1-4-11-15-16-13(19-11)14-12(18)10(3)17-7-5-6-9(2)8-17/h9-10H,4-8H2,1-3H3,(H,14,16,18)/t9-,10+/m0/s1. The maximum Gasteiger partial charge on any atom is 0.243 e. The Morgan fingerprint density at radius 3 is 3.00 bits per heavy atom. The second-order valence-corrected chi connectivity index (χ2v) is 6.32. The van der Waals surface area contributed by atoms with Crippen LogP contribution in [0.3, 0.4) is 0 Å². The van der Waals surface area contributed by atoms with E-state index in [1.807, 2.05) is 13.8 Å². The molecule has 0 aliphatic carbocycles. The van der Waals surface area contributed by atoms with E-state index < -0.39 is 0 Å². The Kier molecular flexibility index (Phi) is 4.87. The average molecular weight is 282 g/mol. The van der Waals surface area contributed by atoms with E-state index in [2.05, 4.69) is 27.3 Å². The van der Waals surface area contributed by atoms with Crippen LogP contribution < -0.4 is 5.32 Å². The van der Waals surface area contributed by atoms with Gasteiger partial charge in [-0.15, -0.1) is 10.2 Å². The summed E-state index contributed by atoms with van der Waals surface area (Å²) in [4.78, 5) is 14.5. The molecule has 1 aliphatic rings. The van der Waals surface area contributed by atoms with Crippen LogP contribution in [0, 0.1) is 5.92 Å². The molecule has 1 amide bonds. The Labute approximate surface area is 118 Å². The normalized spacial score (nSPS) is 22.2. The van der Waals surface area contributed by atoms with Crippen molar-refractivity contribution in [1.82, 2.24) is 15.1 Å². The fourth-order valence-electron chi connectivity index (χ4n) is 2.40. The number of hydrogen-bond acceptors (Lipinski definition) is 5. The molecule has 1 fully saturated rings. The summed E-state index contributed by atoms with van der Waals surface area (Å²) in [6, 6.07) is -0.100. The fraction of sp³-hybridized carbons (Fsp3) is 0.769. The van der Waals surface area contributed by atoms with E-state index in [0.29, 0.717) is 11.0 Å². The van der Waals surface area contributed by atoms with Crippen molar-refractivity contribution in [3.8, 4) is 0 Å². The van der Waals surface area contributed by atoms with Gasteiger partial charge in [-0.1, -0.05) is 25.2 Å². The number of anilines is 1. The van der Waals surface area contributed by atoms with E-state index in [1.54, 1.807) is 0 Å². The molecule has 1 N–H and O–H groups in total. The Morgan fingerprint density at radius 2 is 2.37 bits per heavy atom. The van der Waals surface area contributed by atoms with E-state index in [-0.39, 0.29) is 11.9 Å². The van der Waals surface area contributed by atoms with Gasteiger partial charge in [0.15, 0.2) is 0 Å². The number of aromatic nitrogens is 2. The van der Waals surface area contributed by atoms with E-state index in [9.17, 15) is 4.79 Å². The number of hydrogen-bond donors (Lipinski definition) is 1. The molecule has 1 aromatic heterocycles. The van der Waals surface area contributed by atoms with Crippen LogP contribution in [0.5, 0.6) is 0 Å². The maximum atomic E-state index is 12.2. The van der Waals surface area contributed by atoms with Crippen molar-refractivity contribution in [3.05, 3.63) is 5.01 Å². The highest BCUT2D eigenvalue weighted by Gasteiger charge is 2.26. The molecular formula is C13H22N4OS. The van der Waals surface area contributed by atoms with E-state index >= 15 is 0 Å². The minimum atomic E-state index is -0.100. The van der Waals surface area contributed by atoms with Crippen LogP contribution in [0.2, 0.25) is 0 Å². The predicted molar refractivity (Wildman–Crippen MR) is 77.3 cm³/mol. The molecule has 19 heavy (non-hydrogen) atoms. The lowest BCUT2D eigenvalue weighted by Gasteiger charge is -2.34. The average Bonchev–Trinajstić information content (AvgIpc) is 2.85. The van der Waals surface area contributed by atoms with Gasteiger partial charge in [0.2, 0.25) is 11.0 Å². The summed E-state index contributed by atoms with van der Waals surface area (Å²) in [5, 5.41) is 12.4. The highest BCUT2D eigenvalue weighted by Crippen LogP contribution is 2.20. The smallest absolute Gasteiger partial charge is 0.243 e. The van der Waals surface area contributed by atoms with Crippen LogP contribution >= 0.6 is 11.3 Å². The third-order valence-corrected chi connectivity index (χ3v) is 4.60. The van der Waals surface area contributed by atoms with Gasteiger partial charge in [-0.05, 0) is 38.6 Å². The first kappa shape index (κ1) is 14.4. The molecule has 1 aliphatic heterocycles. The second-order valence-electron chi connectivity index (χ2n) is 5.26. The summed E-state index contributed by atoms with van der Waals surface area (Å²) in [5.41, 5.74) is 0. The quantitative estimate of drug-likeness (QED) is 0.919. The van der Waals surface area contributed by atoms with Gasteiger partial charge in [0, 0.05) is 6.54 Å². The molecule has 1 aromatic rings. The molecule has 106 valence electrons. The molecule has 0 spiro atoms. The van der Waals surface area contributed by atoms with Crippen molar-refractivity contribution in [1.29, 1.82) is 0 Å². The molecule has 0 radical (unpaired) electrons. The minimum Gasteiger partial charge on any atom is -0.299 e. The van der Waals surface area contributed by atoms with Crippen molar-refractivity contribution in [2.75, 3.05) is 18.4 Å². The van der Waals surface area contributed by atoms with Crippen molar-refractivity contribution in [2.45, 2.75) is 46.1 Å². The van der Waals surface area contributed by atoms with Crippen LogP contribution in [0.25, 0.3) is 0 Å². The summed E-state index contributed by atoms with van der Waals surface area (Å²) in [6.07, 6.45) is 3.30. The highest BCUT2D eigenvalue weighted by atomic mass is 32.1. The van der Waals surface area contributed by atoms with Gasteiger partial charge in [-0.3, -0.25) is 15.0 Å². The summed E-state index contributed by atoms with van der Waals surface area (Å²) < 4.78 is 0. The number of carbonyl (C=O) groups is 1. The minimum absolute atomic E-state index is 0.0212. The zero-order valence-electron chi connectivity index (χ0n) is 11.8. The summed E-state index contributed by atoms with van der Waals surface area (Å²) >= 11 is 1.45. The van der Waals surface area contributed by atoms with Crippen LogP contribution in [0.1, 0.15) is 38.6 Å². The van der Waals surface area contributed by atoms with Gasteiger partial charge in [0.1, 0.15) is 5.01 Å². The third-order valence-electron chi connectivity index (χ3n) is 3.62. The summed E-state index contributed by atoms with van der Waals surface area (Å²) in [7, 11) is 0. The Bertz CT molecular complexity index is 434. The first-order valence-electron chi connectivity index (χ1n) is 6.97. The molecular weight excluding hydrogens is 260 g/mol. The second kappa shape index (κ2) is 6.43. The van der Waals surface area contributed by atoms with E-state index in [0.717, 1.165) is 24.5 Å². The topological polar surface area (TPSA) is 58.1 Å². The number of nitrogens with zero attached hydrogens (tertiary/aromatic N) is 3. The van der Waals surface area contributed by atoms with Gasteiger partial charge in [-0.25, -0.2) is 0 Å². The lowest BCUT2D eigenvalue weighted by Crippen LogP contribution is -2.46. The van der Waals surface area contributed by atoms with Crippen molar-refractivity contribution < 1.29 is 4.79 Å². The van der Waals surface area contributed by atoms with Crippen LogP contribution in [-0.2, 0) is 11.2 Å². The summed E-state index contributed by atoms with van der Waals surface area (Å²) in [5.74, 6) is 0.699. The first-order chi connectivity index (χ1) is 9.10. The fourth-order valence-corrected chi connectivity index (χ4v) is 3.08. The number of amides is 1. The van der Waals surface area contributed by atoms with Crippen LogP contribution in [0.4, 0.5) is 5.13 Å². The molecule has 0 saturated carbocycles. The zero-order chi connectivity index (χ0) is 13.8. The van der Waals surface area contributed by atoms with Crippen molar-refractivity contribution >= 4 is 22.4 Å². The van der Waals surface area contributed by atoms with E-state index in [4.69, 9.17) is 0 Å². The van der Waals surface area contributed by atoms with Crippen molar-refractivity contribution in [3.63, 3.8) is 0 Å². The number of nitrogens with one attached hydrogen (secondary N) is 1. The zero-order valence-corrected chi connectivity index (χ0v) is 12.7. The van der Waals surface area contributed by atoms with Crippen LogP contribution in [0.15, 0.2) is 0 Å². The first-order valence-corrected chi connectivity index (χ1v) is 7.79. The van der Waals surface area contributed by atoms with E-state index in [1.165, 1.54) is 24.2 Å². The Balaban J connectivity index is 1.91. The number of rotatable bonds is 4. The maximum absolute atomic E-state index is 12.2. The Hall–Kier alpha value is -1.01. The SMILES string of the molecule is CCc1nnc(NC(=O)[C@@H](C)N2CCC[C@H](C)C2)s1. The number of aryl methyl sites for hydroxylation is 1. The molecule has 2 atom stereocenters. The summed E-state index contributed by atoms with van der Waals surface area (Å²) in [6.45, 7) is 8.26. The number of carbonyl (C=O) groups excluding carboxylic acids is 1. The predicted octanol–water partition coefficient (Wildman–Crippen LogP) is 2.16. The molecule has 0 aromatic carbocycles.